The van der Waals surface area contributed by atoms with Crippen LogP contribution in [-0.2, 0) is 9.84 Å². The molecule has 0 bridgehead atoms. The number of nitrogens with zero attached hydrogens (tertiary/aromatic N) is 3. The van der Waals surface area contributed by atoms with Crippen LogP contribution in [0.25, 0.3) is 0 Å². The highest BCUT2D eigenvalue weighted by atomic mass is 32.2. The van der Waals surface area contributed by atoms with Gasteiger partial charge in [-0.2, -0.15) is 0 Å². The quantitative estimate of drug-likeness (QED) is 0.420. The number of ether oxygens (including phenoxy) is 1. The number of urea groups is 1. The van der Waals surface area contributed by atoms with Gasteiger partial charge in [-0.05, 0) is 37.3 Å². The van der Waals surface area contributed by atoms with Crippen LogP contribution in [0.2, 0.25) is 0 Å². The van der Waals surface area contributed by atoms with Crippen molar-refractivity contribution < 1.29 is 22.9 Å². The van der Waals surface area contributed by atoms with E-state index in [0.29, 0.717) is 23.7 Å². The van der Waals surface area contributed by atoms with Crippen molar-refractivity contribution in [3.8, 4) is 5.75 Å². The molecule has 152 valence electrons. The lowest BCUT2D eigenvalue weighted by Crippen LogP contribution is -2.37. The third-order valence-corrected chi connectivity index (χ3v) is 6.81. The predicted octanol–water partition coefficient (Wildman–Crippen LogP) is 2.61. The van der Waals surface area contributed by atoms with Gasteiger partial charge in [0.2, 0.25) is 0 Å². The van der Waals surface area contributed by atoms with Gasteiger partial charge in [0.05, 0.1) is 40.8 Å². The minimum Gasteiger partial charge on any atom is -0.494 e. The minimum atomic E-state index is -3.35. The Balaban J connectivity index is 1.75. The van der Waals surface area contributed by atoms with E-state index in [0.717, 1.165) is 0 Å². The van der Waals surface area contributed by atoms with Crippen LogP contribution in [0.3, 0.4) is 0 Å². The molecule has 0 N–H and O–H groups in total. The van der Waals surface area contributed by atoms with Gasteiger partial charge in [0.15, 0.2) is 9.84 Å². The van der Waals surface area contributed by atoms with Gasteiger partial charge < -0.3 is 4.74 Å². The molecule has 0 radical (unpaired) electrons. The molecule has 2 heterocycles. The molecule has 0 aliphatic carbocycles. The smallest absolute Gasteiger partial charge is 0.329 e. The summed E-state index contributed by atoms with van der Waals surface area (Å²) in [5.74, 6) is 0.316. The van der Waals surface area contributed by atoms with Gasteiger partial charge in [0.1, 0.15) is 5.75 Å². The van der Waals surface area contributed by atoms with Crippen molar-refractivity contribution in [3.63, 3.8) is 0 Å². The van der Waals surface area contributed by atoms with Crippen molar-refractivity contribution >= 4 is 32.9 Å². The van der Waals surface area contributed by atoms with Gasteiger partial charge in [0, 0.05) is 17.8 Å². The highest BCUT2D eigenvalue weighted by molar-refractivity contribution is 7.91. The Bertz CT molecular complexity index is 1070. The fourth-order valence-corrected chi connectivity index (χ4v) is 5.85. The molecule has 0 spiro atoms. The van der Waals surface area contributed by atoms with E-state index in [1.54, 1.807) is 30.3 Å². The molecule has 0 unspecified atom stereocenters. The van der Waals surface area contributed by atoms with Crippen LogP contribution in [0.5, 0.6) is 5.75 Å². The molecular weight excluding hydrogens is 398 g/mol. The Kier molecular flexibility index (Phi) is 4.65. The number of benzene rings is 2. The Hall–Kier alpha value is -3.14. The third kappa shape index (κ3) is 3.39. The van der Waals surface area contributed by atoms with Crippen molar-refractivity contribution in [2.75, 3.05) is 27.9 Å². The Labute approximate surface area is 167 Å². The summed E-state index contributed by atoms with van der Waals surface area (Å²) in [6.07, 6.45) is 0. The Morgan fingerprint density at radius 3 is 2.28 bits per heavy atom. The summed E-state index contributed by atoms with van der Waals surface area (Å²) < 4.78 is 30.1. The second kappa shape index (κ2) is 7.03. The number of amides is 2. The zero-order valence-electron chi connectivity index (χ0n) is 15.6. The maximum Gasteiger partial charge on any atom is 0.329 e. The minimum absolute atomic E-state index is 0.151. The molecule has 0 saturated carbocycles. The molecule has 10 heteroatoms. The van der Waals surface area contributed by atoms with Crippen molar-refractivity contribution in [2.24, 2.45) is 0 Å². The van der Waals surface area contributed by atoms with Gasteiger partial charge in [0.25, 0.3) is 5.69 Å². The molecule has 2 saturated heterocycles. The maximum atomic E-state index is 13.3. The second-order valence-electron chi connectivity index (χ2n) is 6.94. The van der Waals surface area contributed by atoms with E-state index in [-0.39, 0.29) is 17.2 Å². The molecule has 2 aliphatic rings. The average molecular weight is 417 g/mol. The van der Waals surface area contributed by atoms with E-state index in [2.05, 4.69) is 0 Å². The van der Waals surface area contributed by atoms with Crippen molar-refractivity contribution in [3.05, 3.63) is 58.6 Å². The number of nitro benzene ring substituents is 1. The first-order chi connectivity index (χ1) is 13.8. The van der Waals surface area contributed by atoms with E-state index in [1.807, 2.05) is 6.92 Å². The number of non-ortho nitro benzene ring substituents is 1. The number of anilines is 2. The number of hydrogen-bond donors (Lipinski definition) is 0. The van der Waals surface area contributed by atoms with Crippen LogP contribution in [0.1, 0.15) is 6.92 Å². The van der Waals surface area contributed by atoms with Crippen molar-refractivity contribution in [1.29, 1.82) is 0 Å². The van der Waals surface area contributed by atoms with Gasteiger partial charge in [-0.15, -0.1) is 0 Å². The summed E-state index contributed by atoms with van der Waals surface area (Å²) in [5.41, 5.74) is 0.704. The van der Waals surface area contributed by atoms with Crippen LogP contribution in [0.15, 0.2) is 48.5 Å². The molecule has 9 nitrogen and oxygen atoms in total. The van der Waals surface area contributed by atoms with Gasteiger partial charge in [-0.3, -0.25) is 19.9 Å². The molecule has 2 amide bonds. The first kappa shape index (κ1) is 19.2. The molecule has 2 atom stereocenters. The largest absolute Gasteiger partial charge is 0.494 e. The zero-order valence-corrected chi connectivity index (χ0v) is 16.4. The lowest BCUT2D eigenvalue weighted by Gasteiger charge is -2.22. The van der Waals surface area contributed by atoms with Crippen molar-refractivity contribution in [1.82, 2.24) is 0 Å². The number of carbonyl (C=O) groups is 1. The monoisotopic (exact) mass is 417 g/mol. The van der Waals surface area contributed by atoms with Gasteiger partial charge in [-0.1, -0.05) is 6.07 Å². The van der Waals surface area contributed by atoms with E-state index in [9.17, 15) is 23.3 Å². The fourth-order valence-electron chi connectivity index (χ4n) is 3.93. The summed E-state index contributed by atoms with van der Waals surface area (Å²) in [5, 5.41) is 11.1. The average Bonchev–Trinajstić information content (AvgIpc) is 3.11. The van der Waals surface area contributed by atoms with Gasteiger partial charge in [-0.25, -0.2) is 13.2 Å². The van der Waals surface area contributed by atoms with E-state index in [1.165, 1.54) is 28.0 Å². The number of fused-ring (bicyclic) bond motifs is 1. The first-order valence-corrected chi connectivity index (χ1v) is 10.9. The highest BCUT2D eigenvalue weighted by Crippen LogP contribution is 2.39. The Morgan fingerprint density at radius 2 is 1.69 bits per heavy atom. The first-order valence-electron chi connectivity index (χ1n) is 9.11. The summed E-state index contributed by atoms with van der Waals surface area (Å²) in [6, 6.07) is 11.0. The molecule has 2 aliphatic heterocycles. The molecule has 29 heavy (non-hydrogen) atoms. The predicted molar refractivity (Wildman–Crippen MR) is 107 cm³/mol. The van der Waals surface area contributed by atoms with E-state index in [4.69, 9.17) is 4.74 Å². The van der Waals surface area contributed by atoms with Crippen LogP contribution >= 0.6 is 0 Å². The molecule has 4 rings (SSSR count). The van der Waals surface area contributed by atoms with Crippen molar-refractivity contribution in [2.45, 2.75) is 19.0 Å². The second-order valence-corrected chi connectivity index (χ2v) is 9.09. The molecular formula is C19H19N3O6S. The summed E-state index contributed by atoms with van der Waals surface area (Å²) in [4.78, 5) is 26.7. The summed E-state index contributed by atoms with van der Waals surface area (Å²) in [7, 11) is -3.35. The molecule has 2 aromatic carbocycles. The van der Waals surface area contributed by atoms with E-state index < -0.39 is 32.9 Å². The maximum absolute atomic E-state index is 13.3. The number of nitro groups is 1. The lowest BCUT2D eigenvalue weighted by molar-refractivity contribution is -0.384. The third-order valence-electron chi connectivity index (χ3n) is 5.11. The molecule has 2 aromatic rings. The summed E-state index contributed by atoms with van der Waals surface area (Å²) in [6.45, 7) is 2.37. The van der Waals surface area contributed by atoms with Crippen LogP contribution in [-0.4, -0.2) is 49.6 Å². The zero-order chi connectivity index (χ0) is 20.8. The number of carbonyl (C=O) groups excluding carboxylic acids is 1. The fraction of sp³-hybridized carbons (Fsp3) is 0.316. The standard InChI is InChI=1S/C19H19N3O6S/c1-2-28-16-8-6-13(7-9-16)20-17-11-29(26,27)12-18(17)21(19(20)23)14-4-3-5-15(10-14)22(24)25/h3-10,17-18H,2,11-12H2,1H3/t17-,18-/m0/s1. The topological polar surface area (TPSA) is 110 Å². The number of hydrogen-bond acceptors (Lipinski definition) is 6. The summed E-state index contributed by atoms with van der Waals surface area (Å²) >= 11 is 0. The van der Waals surface area contributed by atoms with Gasteiger partial charge >= 0.3 is 6.03 Å². The SMILES string of the molecule is CCOc1ccc(N2C(=O)N(c3cccc([N+](=O)[O-])c3)[C@H]3CS(=O)(=O)C[C@@H]32)cc1. The van der Waals surface area contributed by atoms with Crippen LogP contribution in [0, 0.1) is 10.1 Å². The molecule has 2 fully saturated rings. The number of rotatable bonds is 5. The van der Waals surface area contributed by atoms with Crippen LogP contribution in [0.4, 0.5) is 21.9 Å². The molecule has 0 aromatic heterocycles. The Morgan fingerprint density at radius 1 is 1.07 bits per heavy atom. The highest BCUT2D eigenvalue weighted by Gasteiger charge is 2.54. The van der Waals surface area contributed by atoms with E-state index >= 15 is 0 Å². The number of sulfone groups is 1. The normalized spacial score (nSPS) is 22.6. The van der Waals surface area contributed by atoms with Crippen LogP contribution < -0.4 is 14.5 Å². The lowest BCUT2D eigenvalue weighted by atomic mass is 10.1.